The molecule has 1 amide bonds. The molecule has 0 aliphatic rings. The Balaban J connectivity index is 1.76. The highest BCUT2D eigenvalue weighted by Crippen LogP contribution is 2.17. The molecule has 7 heteroatoms. The second-order valence-electron chi connectivity index (χ2n) is 4.90. The van der Waals surface area contributed by atoms with Crippen LogP contribution in [0, 0.1) is 6.92 Å². The monoisotopic (exact) mass is 359 g/mol. The highest BCUT2D eigenvalue weighted by molar-refractivity contribution is 9.10. The van der Waals surface area contributed by atoms with Crippen LogP contribution >= 0.6 is 15.9 Å². The molecule has 0 bridgehead atoms. The number of anilines is 1. The topological polar surface area (TPSA) is 64.7 Å². The van der Waals surface area contributed by atoms with Gasteiger partial charge in [0.1, 0.15) is 0 Å². The molecule has 1 N–H and O–H groups in total. The fraction of sp³-hybridized carbons (Fsp3) is 0.133. The van der Waals surface area contributed by atoms with Crippen LogP contribution in [0.1, 0.15) is 16.2 Å². The number of halogens is 1. The summed E-state index contributed by atoms with van der Waals surface area (Å²) in [6.07, 6.45) is 3.63. The Labute approximate surface area is 135 Å². The van der Waals surface area contributed by atoms with Gasteiger partial charge in [-0.25, -0.2) is 4.68 Å². The van der Waals surface area contributed by atoms with Crippen LogP contribution in [0.15, 0.2) is 47.2 Å². The number of carbonyl (C=O) groups excluding carboxylic acids is 1. The van der Waals surface area contributed by atoms with Gasteiger partial charge in [-0.1, -0.05) is 0 Å². The van der Waals surface area contributed by atoms with E-state index in [1.54, 1.807) is 22.6 Å². The van der Waals surface area contributed by atoms with Gasteiger partial charge < -0.3 is 5.32 Å². The van der Waals surface area contributed by atoms with Crippen molar-refractivity contribution in [2.75, 3.05) is 5.32 Å². The summed E-state index contributed by atoms with van der Waals surface area (Å²) in [7, 11) is 1.77. The lowest BCUT2D eigenvalue weighted by atomic mass is 10.2. The van der Waals surface area contributed by atoms with Gasteiger partial charge >= 0.3 is 0 Å². The molecule has 2 heterocycles. The fourth-order valence-corrected chi connectivity index (χ4v) is 2.62. The second kappa shape index (κ2) is 5.76. The molecule has 0 unspecified atom stereocenters. The number of hydrogen-bond acceptors (Lipinski definition) is 3. The molecule has 22 heavy (non-hydrogen) atoms. The van der Waals surface area contributed by atoms with Gasteiger partial charge in [-0.05, 0) is 53.2 Å². The Morgan fingerprint density at radius 3 is 2.45 bits per heavy atom. The molecule has 0 atom stereocenters. The standard InChI is InChI=1S/C15H14BrN5O/c1-10-7-8-21(18-10)12-5-3-11(4-6-12)17-15(22)14-13(16)9-20(2)19-14/h3-9H,1-2H3,(H,17,22). The molecule has 2 aromatic heterocycles. The van der Waals surface area contributed by atoms with Gasteiger partial charge in [0.05, 0.1) is 15.9 Å². The lowest BCUT2D eigenvalue weighted by Gasteiger charge is -2.06. The van der Waals surface area contributed by atoms with Crippen LogP contribution in [0.3, 0.4) is 0 Å². The zero-order valence-electron chi connectivity index (χ0n) is 12.1. The fourth-order valence-electron chi connectivity index (χ4n) is 2.06. The first-order chi connectivity index (χ1) is 10.5. The molecule has 0 aliphatic heterocycles. The van der Waals surface area contributed by atoms with Gasteiger partial charge in [0, 0.05) is 25.1 Å². The van der Waals surface area contributed by atoms with E-state index in [-0.39, 0.29) is 5.91 Å². The summed E-state index contributed by atoms with van der Waals surface area (Å²) in [4.78, 5) is 12.2. The number of rotatable bonds is 3. The largest absolute Gasteiger partial charge is 0.321 e. The Bertz CT molecular complexity index is 819. The van der Waals surface area contributed by atoms with E-state index in [0.29, 0.717) is 15.9 Å². The molecule has 0 fully saturated rings. The van der Waals surface area contributed by atoms with E-state index in [1.165, 1.54) is 0 Å². The summed E-state index contributed by atoms with van der Waals surface area (Å²) in [5.74, 6) is -0.254. The van der Waals surface area contributed by atoms with Gasteiger partial charge in [0.25, 0.3) is 5.91 Å². The Morgan fingerprint density at radius 2 is 1.91 bits per heavy atom. The molecule has 0 radical (unpaired) electrons. The molecule has 6 nitrogen and oxygen atoms in total. The molecule has 112 valence electrons. The van der Waals surface area contributed by atoms with Crippen molar-refractivity contribution in [3.8, 4) is 5.69 Å². The minimum absolute atomic E-state index is 0.254. The SMILES string of the molecule is Cc1ccn(-c2ccc(NC(=O)c3nn(C)cc3Br)cc2)n1. The normalized spacial score (nSPS) is 10.7. The van der Waals surface area contributed by atoms with Gasteiger partial charge in [-0.3, -0.25) is 9.48 Å². The number of aromatic nitrogens is 4. The summed E-state index contributed by atoms with van der Waals surface area (Å²) < 4.78 is 4.04. The Hall–Kier alpha value is -2.41. The van der Waals surface area contributed by atoms with E-state index in [2.05, 4.69) is 31.4 Å². The van der Waals surface area contributed by atoms with Crippen molar-refractivity contribution < 1.29 is 4.79 Å². The first kappa shape index (κ1) is 14.5. The molecule has 0 aliphatic carbocycles. The molecule has 3 aromatic rings. The lowest BCUT2D eigenvalue weighted by molar-refractivity contribution is 0.102. The van der Waals surface area contributed by atoms with Crippen molar-refractivity contribution in [3.05, 3.63) is 58.6 Å². The smallest absolute Gasteiger partial charge is 0.277 e. The number of amides is 1. The zero-order chi connectivity index (χ0) is 15.7. The van der Waals surface area contributed by atoms with Crippen LogP contribution in [0.25, 0.3) is 5.69 Å². The lowest BCUT2D eigenvalue weighted by Crippen LogP contribution is -2.13. The summed E-state index contributed by atoms with van der Waals surface area (Å²) >= 11 is 3.32. The molecule has 0 saturated carbocycles. The third-order valence-electron chi connectivity index (χ3n) is 3.11. The van der Waals surface area contributed by atoms with Gasteiger partial charge in [0.15, 0.2) is 5.69 Å². The quantitative estimate of drug-likeness (QED) is 0.781. The number of aryl methyl sites for hydroxylation is 2. The number of nitrogens with zero attached hydrogens (tertiary/aromatic N) is 4. The van der Waals surface area contributed by atoms with Gasteiger partial charge in [-0.2, -0.15) is 10.2 Å². The predicted octanol–water partition coefficient (Wildman–Crippen LogP) is 2.93. The summed E-state index contributed by atoms with van der Waals surface area (Å²) in [5.41, 5.74) is 2.95. The van der Waals surface area contributed by atoms with E-state index >= 15 is 0 Å². The maximum Gasteiger partial charge on any atom is 0.277 e. The van der Waals surface area contributed by atoms with E-state index < -0.39 is 0 Å². The summed E-state index contributed by atoms with van der Waals surface area (Å²) in [6.45, 7) is 1.94. The molecular formula is C15H14BrN5O. The van der Waals surface area contributed by atoms with E-state index in [9.17, 15) is 4.79 Å². The first-order valence-corrected chi connectivity index (χ1v) is 7.45. The van der Waals surface area contributed by atoms with Gasteiger partial charge in [0.2, 0.25) is 0 Å². The average molecular weight is 360 g/mol. The van der Waals surface area contributed by atoms with Crippen molar-refractivity contribution in [2.24, 2.45) is 7.05 Å². The predicted molar refractivity (Wildman–Crippen MR) is 87.2 cm³/mol. The number of carbonyl (C=O) groups is 1. The molecule has 3 rings (SSSR count). The van der Waals surface area contributed by atoms with Crippen molar-refractivity contribution in [2.45, 2.75) is 6.92 Å². The number of benzene rings is 1. The number of hydrogen-bond donors (Lipinski definition) is 1. The third kappa shape index (κ3) is 2.94. The van der Waals surface area contributed by atoms with Crippen LogP contribution in [0.4, 0.5) is 5.69 Å². The zero-order valence-corrected chi connectivity index (χ0v) is 13.7. The first-order valence-electron chi connectivity index (χ1n) is 6.66. The maximum atomic E-state index is 12.2. The maximum absolute atomic E-state index is 12.2. The van der Waals surface area contributed by atoms with Crippen molar-refractivity contribution >= 4 is 27.5 Å². The third-order valence-corrected chi connectivity index (χ3v) is 3.69. The van der Waals surface area contributed by atoms with Crippen molar-refractivity contribution in [1.29, 1.82) is 0 Å². The van der Waals surface area contributed by atoms with Crippen LogP contribution in [0.2, 0.25) is 0 Å². The van der Waals surface area contributed by atoms with Gasteiger partial charge in [-0.15, -0.1) is 0 Å². The molecule has 0 saturated heterocycles. The van der Waals surface area contributed by atoms with E-state index in [4.69, 9.17) is 0 Å². The Morgan fingerprint density at radius 1 is 1.18 bits per heavy atom. The Kier molecular flexibility index (Phi) is 3.81. The highest BCUT2D eigenvalue weighted by Gasteiger charge is 2.14. The van der Waals surface area contributed by atoms with E-state index in [1.807, 2.05) is 43.5 Å². The summed E-state index contributed by atoms with van der Waals surface area (Å²) in [6, 6.07) is 9.40. The van der Waals surface area contributed by atoms with Crippen molar-refractivity contribution in [1.82, 2.24) is 19.6 Å². The second-order valence-corrected chi connectivity index (χ2v) is 5.76. The van der Waals surface area contributed by atoms with Crippen LogP contribution < -0.4 is 5.32 Å². The highest BCUT2D eigenvalue weighted by atomic mass is 79.9. The molecular weight excluding hydrogens is 346 g/mol. The van der Waals surface area contributed by atoms with E-state index in [0.717, 1.165) is 11.4 Å². The number of nitrogens with one attached hydrogen (secondary N) is 1. The molecule has 0 spiro atoms. The van der Waals surface area contributed by atoms with Crippen LogP contribution in [-0.2, 0) is 7.05 Å². The minimum Gasteiger partial charge on any atom is -0.321 e. The van der Waals surface area contributed by atoms with Crippen LogP contribution in [-0.4, -0.2) is 25.5 Å². The minimum atomic E-state index is -0.254. The van der Waals surface area contributed by atoms with Crippen LogP contribution in [0.5, 0.6) is 0 Å². The summed E-state index contributed by atoms with van der Waals surface area (Å²) in [5, 5.41) is 11.3. The molecule has 1 aromatic carbocycles. The van der Waals surface area contributed by atoms with Crippen molar-refractivity contribution in [3.63, 3.8) is 0 Å². The average Bonchev–Trinajstić information content (AvgIpc) is 3.05.